The highest BCUT2D eigenvalue weighted by atomic mass is 32.2. The first-order valence-electron chi connectivity index (χ1n) is 5.38. The molecule has 0 saturated carbocycles. The molecule has 1 rings (SSSR count). The number of unbranched alkanes of at least 4 members (excludes halogenated alkanes) is 2. The number of aliphatic hydroxyl groups excluding tert-OH is 1. The van der Waals surface area contributed by atoms with Crippen molar-refractivity contribution in [2.75, 3.05) is 18.8 Å². The quantitative estimate of drug-likeness (QED) is 0.667. The summed E-state index contributed by atoms with van der Waals surface area (Å²) < 4.78 is 0. The van der Waals surface area contributed by atoms with E-state index in [1.54, 1.807) is 11.8 Å². The highest BCUT2D eigenvalue weighted by Crippen LogP contribution is 2.17. The van der Waals surface area contributed by atoms with Crippen LogP contribution in [0.5, 0.6) is 0 Å². The Balaban J connectivity index is 2.12. The Morgan fingerprint density at radius 1 is 1.57 bits per heavy atom. The van der Waals surface area contributed by atoms with Gasteiger partial charge in [-0.15, -0.1) is 0 Å². The molecule has 1 saturated heterocycles. The van der Waals surface area contributed by atoms with E-state index < -0.39 is 0 Å². The van der Waals surface area contributed by atoms with Crippen LogP contribution in [-0.2, 0) is 0 Å². The third-order valence-corrected chi connectivity index (χ3v) is 3.38. The molecule has 1 aliphatic heterocycles. The molecule has 1 unspecified atom stereocenters. The molecule has 0 radical (unpaired) electrons. The highest BCUT2D eigenvalue weighted by molar-refractivity contribution is 8.14. The lowest BCUT2D eigenvalue weighted by Crippen LogP contribution is -2.32. The lowest BCUT2D eigenvalue weighted by molar-refractivity contribution is 0.134. The van der Waals surface area contributed by atoms with E-state index in [0.717, 1.165) is 25.1 Å². The Kier molecular flexibility index (Phi) is 5.33. The molecule has 14 heavy (non-hydrogen) atoms. The van der Waals surface area contributed by atoms with Crippen molar-refractivity contribution in [1.29, 1.82) is 5.41 Å². The monoisotopic (exact) mass is 216 g/mol. The van der Waals surface area contributed by atoms with Crippen LogP contribution in [0.3, 0.4) is 0 Å². The first kappa shape index (κ1) is 11.9. The van der Waals surface area contributed by atoms with E-state index in [1.807, 2.05) is 4.90 Å². The predicted octanol–water partition coefficient (Wildman–Crippen LogP) is 1.91. The second kappa shape index (κ2) is 6.30. The summed E-state index contributed by atoms with van der Waals surface area (Å²) in [6, 6.07) is 0. The Hall–Kier alpha value is -0.220. The number of hydrogen-bond acceptors (Lipinski definition) is 3. The number of aliphatic hydroxyl groups is 1. The lowest BCUT2D eigenvalue weighted by Gasteiger charge is -2.20. The topological polar surface area (TPSA) is 47.3 Å². The first-order valence-corrected chi connectivity index (χ1v) is 6.37. The molecule has 82 valence electrons. The summed E-state index contributed by atoms with van der Waals surface area (Å²) in [5.41, 5.74) is 0. The molecule has 1 atom stereocenters. The van der Waals surface area contributed by atoms with Crippen molar-refractivity contribution < 1.29 is 5.11 Å². The van der Waals surface area contributed by atoms with Crippen LogP contribution in [0, 0.1) is 5.41 Å². The van der Waals surface area contributed by atoms with E-state index in [9.17, 15) is 5.11 Å². The van der Waals surface area contributed by atoms with Gasteiger partial charge < -0.3 is 10.0 Å². The molecule has 0 aromatic rings. The van der Waals surface area contributed by atoms with Crippen LogP contribution in [0.4, 0.5) is 0 Å². The summed E-state index contributed by atoms with van der Waals surface area (Å²) in [5.74, 6) is 1.00. The fourth-order valence-electron chi connectivity index (χ4n) is 1.60. The van der Waals surface area contributed by atoms with Gasteiger partial charge in [-0.25, -0.2) is 0 Å². The largest absolute Gasteiger partial charge is 0.391 e. The molecule has 1 heterocycles. The van der Waals surface area contributed by atoms with Crippen LogP contribution in [0.15, 0.2) is 0 Å². The van der Waals surface area contributed by atoms with Gasteiger partial charge in [0.25, 0.3) is 0 Å². The Bertz CT molecular complexity index is 187. The summed E-state index contributed by atoms with van der Waals surface area (Å²) in [6.07, 6.45) is 4.13. The summed E-state index contributed by atoms with van der Waals surface area (Å²) in [6.45, 7) is 3.74. The normalized spacial score (nSPS) is 19.0. The van der Waals surface area contributed by atoms with Crippen molar-refractivity contribution >= 4 is 16.9 Å². The van der Waals surface area contributed by atoms with Crippen LogP contribution in [0.25, 0.3) is 0 Å². The third-order valence-electron chi connectivity index (χ3n) is 2.46. The van der Waals surface area contributed by atoms with Gasteiger partial charge in [-0.3, -0.25) is 5.41 Å². The van der Waals surface area contributed by atoms with Crippen LogP contribution in [-0.4, -0.2) is 40.1 Å². The van der Waals surface area contributed by atoms with Crippen molar-refractivity contribution in [2.45, 2.75) is 38.7 Å². The number of hydrogen-bond donors (Lipinski definition) is 2. The van der Waals surface area contributed by atoms with E-state index in [4.69, 9.17) is 5.41 Å². The van der Waals surface area contributed by atoms with Crippen molar-refractivity contribution in [1.82, 2.24) is 4.90 Å². The maximum absolute atomic E-state index is 9.71. The Morgan fingerprint density at radius 2 is 2.36 bits per heavy atom. The molecule has 0 amide bonds. The average Bonchev–Trinajstić information content (AvgIpc) is 2.52. The van der Waals surface area contributed by atoms with Gasteiger partial charge >= 0.3 is 0 Å². The minimum absolute atomic E-state index is 0.249. The summed E-state index contributed by atoms with van der Waals surface area (Å²) in [7, 11) is 0. The molecule has 0 aromatic carbocycles. The zero-order chi connectivity index (χ0) is 10.4. The van der Waals surface area contributed by atoms with Crippen molar-refractivity contribution in [2.24, 2.45) is 0 Å². The van der Waals surface area contributed by atoms with Gasteiger partial charge in [-0.1, -0.05) is 37.9 Å². The number of nitrogens with one attached hydrogen (secondary N) is 1. The fraction of sp³-hybridized carbons (Fsp3) is 0.900. The molecule has 0 spiro atoms. The van der Waals surface area contributed by atoms with Gasteiger partial charge in [-0.05, 0) is 6.42 Å². The SMILES string of the molecule is CCCCCC(O)CN1CCSC1=N. The molecule has 4 heteroatoms. The van der Waals surface area contributed by atoms with Crippen LogP contribution < -0.4 is 0 Å². The maximum atomic E-state index is 9.71. The van der Waals surface area contributed by atoms with Gasteiger partial charge in [0.1, 0.15) is 0 Å². The molecule has 1 aliphatic rings. The van der Waals surface area contributed by atoms with Gasteiger partial charge in [0.2, 0.25) is 0 Å². The molecular formula is C10H20N2OS. The third kappa shape index (κ3) is 3.88. The molecule has 2 N–H and O–H groups in total. The van der Waals surface area contributed by atoms with Crippen molar-refractivity contribution in [3.05, 3.63) is 0 Å². The number of rotatable bonds is 6. The molecule has 0 aliphatic carbocycles. The van der Waals surface area contributed by atoms with E-state index in [0.29, 0.717) is 11.7 Å². The smallest absolute Gasteiger partial charge is 0.156 e. The van der Waals surface area contributed by atoms with Crippen molar-refractivity contribution in [3.8, 4) is 0 Å². The van der Waals surface area contributed by atoms with Crippen LogP contribution in [0.2, 0.25) is 0 Å². The van der Waals surface area contributed by atoms with E-state index in [1.165, 1.54) is 12.8 Å². The second-order valence-corrected chi connectivity index (χ2v) is 4.83. The lowest BCUT2D eigenvalue weighted by atomic mass is 10.1. The van der Waals surface area contributed by atoms with E-state index in [2.05, 4.69) is 6.92 Å². The summed E-state index contributed by atoms with van der Waals surface area (Å²) in [5, 5.41) is 17.9. The number of amidine groups is 1. The molecule has 3 nitrogen and oxygen atoms in total. The van der Waals surface area contributed by atoms with Crippen molar-refractivity contribution in [3.63, 3.8) is 0 Å². The van der Waals surface area contributed by atoms with Gasteiger partial charge in [0.05, 0.1) is 6.10 Å². The number of β-amino-alcohol motifs (C(OH)–C–C–N with tert-alkyl or cyclic N) is 1. The zero-order valence-corrected chi connectivity index (χ0v) is 9.65. The first-order chi connectivity index (χ1) is 6.74. The van der Waals surface area contributed by atoms with Gasteiger partial charge in [0, 0.05) is 18.8 Å². The molecule has 0 bridgehead atoms. The maximum Gasteiger partial charge on any atom is 0.156 e. The summed E-state index contributed by atoms with van der Waals surface area (Å²) in [4.78, 5) is 1.97. The number of thioether (sulfide) groups is 1. The van der Waals surface area contributed by atoms with Crippen LogP contribution >= 0.6 is 11.8 Å². The average molecular weight is 216 g/mol. The standard InChI is InChI=1S/C10H20N2OS/c1-2-3-4-5-9(13)8-12-6-7-14-10(12)11/h9,11,13H,2-8H2,1H3. The Labute approximate surface area is 90.4 Å². The zero-order valence-electron chi connectivity index (χ0n) is 8.83. The second-order valence-electron chi connectivity index (χ2n) is 3.75. The van der Waals surface area contributed by atoms with Crippen LogP contribution in [0.1, 0.15) is 32.6 Å². The molecule has 1 fully saturated rings. The minimum atomic E-state index is -0.249. The Morgan fingerprint density at radius 3 is 2.93 bits per heavy atom. The van der Waals surface area contributed by atoms with Gasteiger partial charge in [-0.2, -0.15) is 0 Å². The van der Waals surface area contributed by atoms with Gasteiger partial charge in [0.15, 0.2) is 5.17 Å². The van der Waals surface area contributed by atoms with E-state index >= 15 is 0 Å². The minimum Gasteiger partial charge on any atom is -0.391 e. The highest BCUT2D eigenvalue weighted by Gasteiger charge is 2.19. The predicted molar refractivity (Wildman–Crippen MR) is 61.9 cm³/mol. The molecule has 0 aromatic heterocycles. The summed E-state index contributed by atoms with van der Waals surface area (Å²) >= 11 is 1.57. The molecular weight excluding hydrogens is 196 g/mol. The fourth-order valence-corrected chi connectivity index (χ4v) is 2.45. The van der Waals surface area contributed by atoms with E-state index in [-0.39, 0.29) is 6.10 Å². The number of nitrogens with zero attached hydrogens (tertiary/aromatic N) is 1.